The Morgan fingerprint density at radius 1 is 0.667 bits per heavy atom. The molecule has 0 atom stereocenters. The maximum atomic E-state index is 8.52. The van der Waals surface area contributed by atoms with E-state index in [1.807, 2.05) is 0 Å². The fourth-order valence-corrected chi connectivity index (χ4v) is 0. The average Bonchev–Trinajstić information content (AvgIpc) is 1.12. The number of hydrogen-bond acceptors (Lipinski definition) is 8. The Balaban J connectivity index is -0.0000000457. The molecule has 0 aliphatic heterocycles. The van der Waals surface area contributed by atoms with Crippen molar-refractivity contribution < 1.29 is 108 Å². The van der Waals surface area contributed by atoms with E-state index in [-0.39, 0.29) is 73.1 Å². The molecule has 0 radical (unpaired) electrons. The third-order valence-electron chi connectivity index (χ3n) is 0. The summed E-state index contributed by atoms with van der Waals surface area (Å²) in [5, 5.41) is 0. The summed E-state index contributed by atoms with van der Waals surface area (Å²) < 4.78 is 68.2. The predicted molar refractivity (Wildman–Crippen MR) is 20.9 cm³/mol. The van der Waals surface area contributed by atoms with Crippen molar-refractivity contribution in [1.82, 2.24) is 0 Å². The van der Waals surface area contributed by atoms with Gasteiger partial charge in [0.05, 0.1) is 0 Å². The first-order valence-corrected chi connectivity index (χ1v) is 4.00. The molecule has 0 unspecified atom stereocenters. The fourth-order valence-electron chi connectivity index (χ4n) is 0. The van der Waals surface area contributed by atoms with Gasteiger partial charge in [-0.3, -0.25) is 16.8 Å². The molecule has 0 bridgehead atoms. The number of hydrogen-bond donors (Lipinski definition) is 0. The summed E-state index contributed by atoms with van der Waals surface area (Å²) in [6, 6.07) is 0. The quantitative estimate of drug-likeness (QED) is 0.241. The Hall–Kier alpha value is 2.09. The molecule has 0 aromatic rings. The van der Waals surface area contributed by atoms with Gasteiger partial charge in [-0.2, -0.15) is 0 Å². The van der Waals surface area contributed by atoms with E-state index >= 15 is 0 Å². The minimum atomic E-state index is -5.17. The molecule has 8 nitrogen and oxygen atoms in total. The van der Waals surface area contributed by atoms with E-state index in [0.717, 1.165) is 0 Å². The van der Waals surface area contributed by atoms with Gasteiger partial charge in [-0.15, -0.1) is 0 Å². The first kappa shape index (κ1) is 23.7. The molecule has 64 valence electrons. The van der Waals surface area contributed by atoms with Crippen LogP contribution in [0.1, 0.15) is 0 Å². The Labute approximate surface area is 127 Å². The summed E-state index contributed by atoms with van der Waals surface area (Å²) in [6.07, 6.45) is 0. The minimum Gasteiger partial charge on any atom is -0.759 e. The second kappa shape index (κ2) is 9.64. The predicted octanol–water partition coefficient (Wildman–Crippen LogP) is -5.67. The monoisotopic (exact) mass is 279 g/mol. The average molecular weight is 279 g/mol. The van der Waals surface area contributed by atoms with Gasteiger partial charge in [0.2, 0.25) is 0 Å². The zero-order chi connectivity index (χ0) is 9.00. The van der Waals surface area contributed by atoms with Gasteiger partial charge < -0.3 is 18.2 Å². The van der Waals surface area contributed by atoms with E-state index in [0.29, 0.717) is 0 Å². The maximum absolute atomic E-state index is 8.52. The summed E-state index contributed by atoms with van der Waals surface area (Å²) in [7, 11) is -10.3. The molecule has 0 heterocycles. The molecule has 12 heteroatoms. The molecule has 0 spiro atoms. The van der Waals surface area contributed by atoms with Crippen LogP contribution in [0.4, 0.5) is 0 Å². The van der Waals surface area contributed by atoms with E-state index in [1.165, 1.54) is 0 Å². The first-order chi connectivity index (χ1) is 4.00. The minimum absolute atomic E-state index is 0. The van der Waals surface area contributed by atoms with Gasteiger partial charge >= 0.3 is 73.1 Å². The van der Waals surface area contributed by atoms with Crippen molar-refractivity contribution in [3.8, 4) is 0 Å². The van der Waals surface area contributed by atoms with Gasteiger partial charge in [0.1, 0.15) is 0 Å². The Bertz CT molecular complexity index is 213. The van der Waals surface area contributed by atoms with Crippen LogP contribution in [-0.4, -0.2) is 35.0 Å². The van der Waals surface area contributed by atoms with Crippen LogP contribution in [0.25, 0.3) is 0 Å². The van der Waals surface area contributed by atoms with E-state index < -0.39 is 20.8 Å². The zero-order valence-corrected chi connectivity index (χ0v) is 11.9. The molecule has 0 aliphatic carbocycles. The molecular weight excluding hydrogens is 279 g/mol. The van der Waals surface area contributed by atoms with E-state index in [9.17, 15) is 0 Å². The van der Waals surface area contributed by atoms with Gasteiger partial charge in [0.25, 0.3) is 0 Å². The molecule has 0 aromatic carbocycles. The molecule has 0 saturated carbocycles. The second-order valence-corrected chi connectivity index (χ2v) is 2.45. The van der Waals surface area contributed by atoms with E-state index in [4.69, 9.17) is 35.0 Å². The molecule has 0 fully saturated rings. The Morgan fingerprint density at radius 3 is 0.667 bits per heavy atom. The summed E-state index contributed by atoms with van der Waals surface area (Å²) in [5.41, 5.74) is 0. The van der Waals surface area contributed by atoms with Crippen molar-refractivity contribution >= 4 is 20.8 Å². The molecular formula is KO8S2Ti+. The standard InChI is InChI=1S/K.2H2O4S.Ti/c;2*1-5(2,3)4;/h;2*(H2,1,2,3,4);/q+1;;;+4/p-4. The van der Waals surface area contributed by atoms with Gasteiger partial charge in [0, 0.05) is 20.8 Å². The van der Waals surface area contributed by atoms with Crippen molar-refractivity contribution in [3.63, 3.8) is 0 Å². The largest absolute Gasteiger partial charge is 4.00 e. The van der Waals surface area contributed by atoms with E-state index in [2.05, 4.69) is 0 Å². The molecule has 0 N–H and O–H groups in total. The molecule has 12 heavy (non-hydrogen) atoms. The second-order valence-electron chi connectivity index (χ2n) is 0.816. The van der Waals surface area contributed by atoms with Crippen LogP contribution in [0.3, 0.4) is 0 Å². The summed E-state index contributed by atoms with van der Waals surface area (Å²) in [6.45, 7) is 0. The first-order valence-electron chi connectivity index (χ1n) is 1.33. The van der Waals surface area contributed by atoms with Gasteiger partial charge in [-0.1, -0.05) is 0 Å². The van der Waals surface area contributed by atoms with Crippen molar-refractivity contribution in [2.75, 3.05) is 0 Å². The fraction of sp³-hybridized carbons (Fsp3) is 0. The van der Waals surface area contributed by atoms with E-state index in [1.54, 1.807) is 0 Å². The van der Waals surface area contributed by atoms with Crippen molar-refractivity contribution in [2.24, 2.45) is 0 Å². The molecule has 0 saturated heterocycles. The third kappa shape index (κ3) is 340. The normalized spacial score (nSPS) is 9.67. The summed E-state index contributed by atoms with van der Waals surface area (Å²) in [4.78, 5) is 0. The van der Waals surface area contributed by atoms with Crippen LogP contribution in [-0.2, 0) is 42.5 Å². The molecule has 0 aliphatic rings. The topological polar surface area (TPSA) is 161 Å². The number of rotatable bonds is 0. The van der Waals surface area contributed by atoms with Crippen LogP contribution in [0.2, 0.25) is 0 Å². The smallest absolute Gasteiger partial charge is 0.759 e. The third-order valence-corrected chi connectivity index (χ3v) is 0. The molecule has 0 rings (SSSR count). The maximum Gasteiger partial charge on any atom is 4.00 e. The van der Waals surface area contributed by atoms with Crippen LogP contribution in [0, 0.1) is 0 Å². The summed E-state index contributed by atoms with van der Waals surface area (Å²) in [5.74, 6) is 0. The Morgan fingerprint density at radius 2 is 0.667 bits per heavy atom. The SMILES string of the molecule is O=S(=O)([O-])[O-].O=S(=O)([O-])[O-].[K+].[Ti+4]. The van der Waals surface area contributed by atoms with Gasteiger partial charge in [-0.05, 0) is 0 Å². The summed E-state index contributed by atoms with van der Waals surface area (Å²) >= 11 is 0. The van der Waals surface area contributed by atoms with Gasteiger partial charge in [0.15, 0.2) is 0 Å². The van der Waals surface area contributed by atoms with Crippen molar-refractivity contribution in [1.29, 1.82) is 0 Å². The van der Waals surface area contributed by atoms with Crippen molar-refractivity contribution in [2.45, 2.75) is 0 Å². The van der Waals surface area contributed by atoms with Crippen molar-refractivity contribution in [3.05, 3.63) is 0 Å². The Kier molecular flexibility index (Phi) is 19.0. The van der Waals surface area contributed by atoms with Crippen LogP contribution >= 0.6 is 0 Å². The van der Waals surface area contributed by atoms with Crippen LogP contribution in [0.15, 0.2) is 0 Å². The molecule has 0 amide bonds. The zero-order valence-electron chi connectivity index (χ0n) is 5.58. The van der Waals surface area contributed by atoms with Crippen LogP contribution in [0.5, 0.6) is 0 Å². The van der Waals surface area contributed by atoms with Gasteiger partial charge in [-0.25, -0.2) is 0 Å². The molecule has 0 aromatic heterocycles. The van der Waals surface area contributed by atoms with Crippen LogP contribution < -0.4 is 51.4 Å².